The number of benzene rings is 2. The fourth-order valence-electron chi connectivity index (χ4n) is 1.53. The van der Waals surface area contributed by atoms with Gasteiger partial charge in [0.1, 0.15) is 0 Å². The molecule has 0 aliphatic carbocycles. The number of halogens is 4. The monoisotopic (exact) mass is 305 g/mol. The first-order valence-corrected chi connectivity index (χ1v) is 6.20. The zero-order chi connectivity index (χ0) is 12.6. The van der Waals surface area contributed by atoms with E-state index in [1.807, 2.05) is 0 Å². The van der Waals surface area contributed by atoms with Crippen LogP contribution in [0.4, 0.5) is 5.69 Å². The van der Waals surface area contributed by atoms with Gasteiger partial charge in [0.25, 0.3) is 0 Å². The summed E-state index contributed by atoms with van der Waals surface area (Å²) in [7, 11) is 0. The van der Waals surface area contributed by atoms with E-state index >= 15 is 0 Å². The van der Waals surface area contributed by atoms with Gasteiger partial charge in [0, 0.05) is 26.9 Å². The van der Waals surface area contributed by atoms with Gasteiger partial charge in [-0.25, -0.2) is 0 Å². The molecule has 0 heterocycles. The molecule has 88 valence electrons. The zero-order valence-electron chi connectivity index (χ0n) is 8.48. The van der Waals surface area contributed by atoms with Crippen LogP contribution in [0.2, 0.25) is 20.1 Å². The first-order chi connectivity index (χ1) is 7.99. The van der Waals surface area contributed by atoms with Gasteiger partial charge in [-0.3, -0.25) is 0 Å². The zero-order valence-corrected chi connectivity index (χ0v) is 11.5. The van der Waals surface area contributed by atoms with Crippen molar-refractivity contribution in [3.63, 3.8) is 0 Å². The van der Waals surface area contributed by atoms with Crippen molar-refractivity contribution in [1.82, 2.24) is 0 Å². The molecule has 0 amide bonds. The van der Waals surface area contributed by atoms with Gasteiger partial charge >= 0.3 is 0 Å². The van der Waals surface area contributed by atoms with Crippen molar-refractivity contribution >= 4 is 52.1 Å². The molecule has 0 aliphatic rings. The standard InChI is InChI=1S/C12H7Cl4N/c13-6-1-2-8(11(17)5-6)9-3-7(14)4-10(15)12(9)16/h1-5H,17H2. The van der Waals surface area contributed by atoms with Crippen LogP contribution in [-0.2, 0) is 0 Å². The molecule has 2 rings (SSSR count). The maximum atomic E-state index is 6.13. The van der Waals surface area contributed by atoms with E-state index in [0.717, 1.165) is 5.56 Å². The molecule has 1 nitrogen and oxygen atoms in total. The second-order valence-corrected chi connectivity index (χ2v) is 5.14. The lowest BCUT2D eigenvalue weighted by atomic mass is 10.0. The minimum absolute atomic E-state index is 0.392. The summed E-state index contributed by atoms with van der Waals surface area (Å²) in [5, 5.41) is 1.88. The molecule has 0 saturated carbocycles. The van der Waals surface area contributed by atoms with Crippen LogP contribution in [0.3, 0.4) is 0 Å². The van der Waals surface area contributed by atoms with Gasteiger partial charge in [0.15, 0.2) is 0 Å². The molecule has 17 heavy (non-hydrogen) atoms. The molecule has 2 aromatic carbocycles. The third kappa shape index (κ3) is 2.63. The van der Waals surface area contributed by atoms with Crippen molar-refractivity contribution < 1.29 is 0 Å². The Kier molecular flexibility index (Phi) is 3.74. The van der Waals surface area contributed by atoms with Crippen LogP contribution in [0.25, 0.3) is 11.1 Å². The van der Waals surface area contributed by atoms with Crippen LogP contribution < -0.4 is 5.73 Å². The lowest BCUT2D eigenvalue weighted by Gasteiger charge is -2.10. The highest BCUT2D eigenvalue weighted by Crippen LogP contribution is 2.39. The van der Waals surface area contributed by atoms with E-state index in [0.29, 0.717) is 31.3 Å². The molecule has 0 aromatic heterocycles. The van der Waals surface area contributed by atoms with Crippen LogP contribution in [0.15, 0.2) is 30.3 Å². The van der Waals surface area contributed by atoms with Crippen molar-refractivity contribution in [3.8, 4) is 11.1 Å². The largest absolute Gasteiger partial charge is 0.398 e. The molecule has 2 aromatic rings. The molecule has 0 atom stereocenters. The van der Waals surface area contributed by atoms with E-state index in [4.69, 9.17) is 52.1 Å². The average Bonchev–Trinajstić information content (AvgIpc) is 2.24. The molecule has 0 unspecified atom stereocenters. The number of hydrogen-bond acceptors (Lipinski definition) is 1. The summed E-state index contributed by atoms with van der Waals surface area (Å²) in [6, 6.07) is 8.47. The predicted octanol–water partition coefficient (Wildman–Crippen LogP) is 5.55. The summed E-state index contributed by atoms with van der Waals surface area (Å²) in [6.45, 7) is 0. The molecule has 0 fully saturated rings. The predicted molar refractivity (Wildman–Crippen MR) is 76.3 cm³/mol. The van der Waals surface area contributed by atoms with Crippen LogP contribution in [0.1, 0.15) is 0 Å². The van der Waals surface area contributed by atoms with Crippen molar-refractivity contribution in [2.75, 3.05) is 5.73 Å². The van der Waals surface area contributed by atoms with Gasteiger partial charge in [0.05, 0.1) is 10.0 Å². The number of anilines is 1. The van der Waals surface area contributed by atoms with Crippen LogP contribution in [0.5, 0.6) is 0 Å². The Bertz CT molecular complexity index is 581. The molecular formula is C12H7Cl4N. The SMILES string of the molecule is Nc1cc(Cl)ccc1-c1cc(Cl)cc(Cl)c1Cl. The number of hydrogen-bond donors (Lipinski definition) is 1. The second kappa shape index (κ2) is 4.95. The Morgan fingerprint density at radius 1 is 0.765 bits per heavy atom. The normalized spacial score (nSPS) is 10.6. The molecule has 0 radical (unpaired) electrons. The summed E-state index contributed by atoms with van der Waals surface area (Å²) >= 11 is 23.9. The van der Waals surface area contributed by atoms with Gasteiger partial charge in [-0.05, 0) is 24.3 Å². The van der Waals surface area contributed by atoms with Gasteiger partial charge in [-0.2, -0.15) is 0 Å². The Balaban J connectivity index is 2.68. The molecule has 0 aliphatic heterocycles. The van der Waals surface area contributed by atoms with E-state index in [1.165, 1.54) is 0 Å². The van der Waals surface area contributed by atoms with Gasteiger partial charge in [0.2, 0.25) is 0 Å². The summed E-state index contributed by atoms with van der Waals surface area (Å²) in [5.74, 6) is 0. The van der Waals surface area contributed by atoms with Crippen LogP contribution in [-0.4, -0.2) is 0 Å². The van der Waals surface area contributed by atoms with E-state index in [2.05, 4.69) is 0 Å². The Morgan fingerprint density at radius 3 is 2.12 bits per heavy atom. The van der Waals surface area contributed by atoms with Crippen molar-refractivity contribution in [1.29, 1.82) is 0 Å². The smallest absolute Gasteiger partial charge is 0.0672 e. The Morgan fingerprint density at radius 2 is 1.47 bits per heavy atom. The fourth-order valence-corrected chi connectivity index (χ4v) is 2.42. The molecule has 5 heteroatoms. The maximum Gasteiger partial charge on any atom is 0.0672 e. The van der Waals surface area contributed by atoms with Gasteiger partial charge < -0.3 is 5.73 Å². The molecule has 0 bridgehead atoms. The number of rotatable bonds is 1. The molecule has 0 saturated heterocycles. The van der Waals surface area contributed by atoms with Crippen molar-refractivity contribution in [2.24, 2.45) is 0 Å². The fraction of sp³-hybridized carbons (Fsp3) is 0. The summed E-state index contributed by atoms with van der Waals surface area (Å²) in [4.78, 5) is 0. The summed E-state index contributed by atoms with van der Waals surface area (Å²) in [5.41, 5.74) is 7.87. The van der Waals surface area contributed by atoms with Crippen molar-refractivity contribution in [2.45, 2.75) is 0 Å². The maximum absolute atomic E-state index is 6.13. The first-order valence-electron chi connectivity index (χ1n) is 4.69. The van der Waals surface area contributed by atoms with Gasteiger partial charge in [-0.15, -0.1) is 0 Å². The quantitative estimate of drug-likeness (QED) is 0.542. The third-order valence-corrected chi connectivity index (χ3v) is 3.55. The highest BCUT2D eigenvalue weighted by Gasteiger charge is 2.11. The Hall–Kier alpha value is -0.600. The topological polar surface area (TPSA) is 26.0 Å². The lowest BCUT2D eigenvalue weighted by molar-refractivity contribution is 1.61. The lowest BCUT2D eigenvalue weighted by Crippen LogP contribution is -1.91. The third-order valence-electron chi connectivity index (χ3n) is 2.30. The van der Waals surface area contributed by atoms with E-state index in [-0.39, 0.29) is 0 Å². The van der Waals surface area contributed by atoms with Gasteiger partial charge in [-0.1, -0.05) is 52.5 Å². The second-order valence-electron chi connectivity index (χ2n) is 3.48. The molecule has 2 N–H and O–H groups in total. The van der Waals surface area contributed by atoms with Crippen LogP contribution in [0, 0.1) is 0 Å². The molecule has 0 spiro atoms. The summed E-state index contributed by atoms with van der Waals surface area (Å²) in [6.07, 6.45) is 0. The van der Waals surface area contributed by atoms with E-state index in [9.17, 15) is 0 Å². The molecular weight excluding hydrogens is 300 g/mol. The first kappa shape index (κ1) is 12.8. The van der Waals surface area contributed by atoms with Crippen molar-refractivity contribution in [3.05, 3.63) is 50.4 Å². The Labute approximate surface area is 119 Å². The number of nitrogens with two attached hydrogens (primary N) is 1. The summed E-state index contributed by atoms with van der Waals surface area (Å²) < 4.78 is 0. The highest BCUT2D eigenvalue weighted by molar-refractivity contribution is 6.45. The average molecular weight is 307 g/mol. The minimum atomic E-state index is 0.392. The number of nitrogen functional groups attached to an aromatic ring is 1. The van der Waals surface area contributed by atoms with E-state index < -0.39 is 0 Å². The minimum Gasteiger partial charge on any atom is -0.398 e. The van der Waals surface area contributed by atoms with Crippen LogP contribution >= 0.6 is 46.4 Å². The van der Waals surface area contributed by atoms with E-state index in [1.54, 1.807) is 30.3 Å². The highest BCUT2D eigenvalue weighted by atomic mass is 35.5.